The van der Waals surface area contributed by atoms with Gasteiger partial charge in [-0.25, -0.2) is 9.78 Å². The highest BCUT2D eigenvalue weighted by atomic mass is 32.1. The van der Waals surface area contributed by atoms with E-state index in [1.807, 2.05) is 48.7 Å². The molecule has 24 heavy (non-hydrogen) atoms. The molecule has 0 saturated carbocycles. The number of fused-ring (bicyclic) bond motifs is 1. The zero-order chi connectivity index (χ0) is 16.7. The topological polar surface area (TPSA) is 63.3 Å². The Morgan fingerprint density at radius 2 is 1.75 bits per heavy atom. The first-order chi connectivity index (χ1) is 11.6. The van der Waals surface area contributed by atoms with Crippen molar-refractivity contribution in [2.75, 3.05) is 0 Å². The van der Waals surface area contributed by atoms with Crippen LogP contribution in [0.1, 0.15) is 5.01 Å². The second-order valence-electron chi connectivity index (χ2n) is 5.44. The Bertz CT molecular complexity index is 1090. The Kier molecular flexibility index (Phi) is 3.43. The molecule has 0 bridgehead atoms. The average molecular weight is 335 g/mol. The maximum Gasteiger partial charge on any atom is 0.379 e. The van der Waals surface area contributed by atoms with Crippen LogP contribution in [0.3, 0.4) is 0 Å². The molecule has 4 aromatic rings. The minimum absolute atomic E-state index is 0.369. The van der Waals surface area contributed by atoms with Gasteiger partial charge in [0.1, 0.15) is 5.58 Å². The van der Waals surface area contributed by atoms with E-state index < -0.39 is 5.63 Å². The summed E-state index contributed by atoms with van der Waals surface area (Å²) in [5, 5.41) is 13.9. The van der Waals surface area contributed by atoms with Gasteiger partial charge in [0, 0.05) is 21.9 Å². The summed E-state index contributed by atoms with van der Waals surface area (Å²) in [6.07, 6.45) is 0. The molecule has 0 fully saturated rings. The van der Waals surface area contributed by atoms with E-state index in [2.05, 4.69) is 4.98 Å². The molecule has 0 amide bonds. The van der Waals surface area contributed by atoms with E-state index in [0.29, 0.717) is 16.5 Å². The largest absolute Gasteiger partial charge is 0.501 e. The van der Waals surface area contributed by atoms with Crippen LogP contribution >= 0.6 is 11.3 Å². The van der Waals surface area contributed by atoms with Crippen molar-refractivity contribution in [3.05, 3.63) is 69.3 Å². The Hall–Kier alpha value is -2.92. The molecular weight excluding hydrogens is 322 g/mol. The second-order valence-corrected chi connectivity index (χ2v) is 6.50. The molecule has 4 rings (SSSR count). The molecule has 1 N–H and O–H groups in total. The summed E-state index contributed by atoms with van der Waals surface area (Å²) in [7, 11) is 0. The zero-order valence-electron chi connectivity index (χ0n) is 12.8. The molecule has 0 atom stereocenters. The third-order valence-electron chi connectivity index (χ3n) is 3.88. The van der Waals surface area contributed by atoms with Crippen molar-refractivity contribution in [2.24, 2.45) is 0 Å². The van der Waals surface area contributed by atoms with Crippen LogP contribution < -0.4 is 5.63 Å². The van der Waals surface area contributed by atoms with Gasteiger partial charge in [0.15, 0.2) is 0 Å². The zero-order valence-corrected chi connectivity index (χ0v) is 13.6. The molecule has 0 saturated heterocycles. The lowest BCUT2D eigenvalue weighted by molar-refractivity contribution is 0.430. The summed E-state index contributed by atoms with van der Waals surface area (Å²) in [6.45, 7) is 1.97. The number of thiazole rings is 1. The van der Waals surface area contributed by atoms with Crippen molar-refractivity contribution in [1.82, 2.24) is 4.98 Å². The molecule has 118 valence electrons. The van der Waals surface area contributed by atoms with E-state index in [0.717, 1.165) is 21.8 Å². The quantitative estimate of drug-likeness (QED) is 0.544. The van der Waals surface area contributed by atoms with Gasteiger partial charge >= 0.3 is 5.63 Å². The van der Waals surface area contributed by atoms with Gasteiger partial charge in [-0.2, -0.15) is 0 Å². The number of hydrogen-bond donors (Lipinski definition) is 1. The van der Waals surface area contributed by atoms with Crippen molar-refractivity contribution in [2.45, 2.75) is 6.92 Å². The van der Waals surface area contributed by atoms with Crippen LogP contribution in [0.5, 0.6) is 5.75 Å². The number of benzene rings is 2. The number of para-hydroxylation sites is 1. The highest BCUT2D eigenvalue weighted by Crippen LogP contribution is 2.35. The first-order valence-electron chi connectivity index (χ1n) is 7.41. The molecule has 0 aliphatic carbocycles. The number of nitrogens with zero attached hydrogens (tertiary/aromatic N) is 1. The lowest BCUT2D eigenvalue weighted by Crippen LogP contribution is -2.00. The summed E-state index contributed by atoms with van der Waals surface area (Å²) in [5.41, 5.74) is 2.88. The van der Waals surface area contributed by atoms with Crippen molar-refractivity contribution < 1.29 is 9.52 Å². The molecule has 0 aliphatic heterocycles. The second kappa shape index (κ2) is 5.62. The van der Waals surface area contributed by atoms with Gasteiger partial charge in [-0.05, 0) is 18.6 Å². The van der Waals surface area contributed by atoms with Crippen LogP contribution in [0, 0.1) is 6.92 Å². The molecule has 2 aromatic heterocycles. The summed E-state index contributed by atoms with van der Waals surface area (Å²) >= 11 is 1.60. The first kappa shape index (κ1) is 14.7. The summed E-state index contributed by atoms with van der Waals surface area (Å²) in [4.78, 5) is 16.4. The van der Waals surface area contributed by atoms with E-state index in [4.69, 9.17) is 4.42 Å². The van der Waals surface area contributed by atoms with Crippen LogP contribution in [0.2, 0.25) is 0 Å². The predicted molar refractivity (Wildman–Crippen MR) is 95.4 cm³/mol. The molecule has 0 unspecified atom stereocenters. The van der Waals surface area contributed by atoms with E-state index in [9.17, 15) is 9.90 Å². The Morgan fingerprint density at radius 1 is 1.04 bits per heavy atom. The monoisotopic (exact) mass is 335 g/mol. The van der Waals surface area contributed by atoms with E-state index in [-0.39, 0.29) is 5.75 Å². The number of rotatable bonds is 2. The third kappa shape index (κ3) is 2.39. The summed E-state index contributed by atoms with van der Waals surface area (Å²) in [6, 6.07) is 14.8. The fraction of sp³-hybridized carbons (Fsp3) is 0.0526. The predicted octanol–water partition coefficient (Wildman–Crippen LogP) is 4.60. The van der Waals surface area contributed by atoms with Gasteiger partial charge in [0.25, 0.3) is 0 Å². The Labute approximate surface area is 141 Å². The molecule has 5 heteroatoms. The first-order valence-corrected chi connectivity index (χ1v) is 8.29. The molecule has 2 aromatic carbocycles. The van der Waals surface area contributed by atoms with E-state index in [1.54, 1.807) is 23.5 Å². The van der Waals surface area contributed by atoms with Crippen molar-refractivity contribution in [3.8, 4) is 28.1 Å². The molecule has 0 aliphatic rings. The minimum atomic E-state index is -0.733. The number of hydrogen-bond acceptors (Lipinski definition) is 5. The maximum absolute atomic E-state index is 11.9. The van der Waals surface area contributed by atoms with Gasteiger partial charge in [-0.15, -0.1) is 11.3 Å². The fourth-order valence-electron chi connectivity index (χ4n) is 2.74. The molecule has 2 heterocycles. The third-order valence-corrected chi connectivity index (χ3v) is 4.65. The van der Waals surface area contributed by atoms with Crippen LogP contribution in [0.4, 0.5) is 0 Å². The smallest absolute Gasteiger partial charge is 0.379 e. The molecule has 0 spiro atoms. The maximum atomic E-state index is 11.9. The van der Waals surface area contributed by atoms with Gasteiger partial charge in [0.05, 0.1) is 10.7 Å². The average Bonchev–Trinajstić information content (AvgIpc) is 3.03. The van der Waals surface area contributed by atoms with Gasteiger partial charge in [-0.1, -0.05) is 42.5 Å². The fourth-order valence-corrected chi connectivity index (χ4v) is 3.36. The number of aryl methyl sites for hydroxylation is 1. The van der Waals surface area contributed by atoms with Crippen LogP contribution in [0.25, 0.3) is 33.4 Å². The number of aromatic nitrogens is 1. The van der Waals surface area contributed by atoms with Crippen LogP contribution in [0.15, 0.2) is 63.1 Å². The van der Waals surface area contributed by atoms with Crippen molar-refractivity contribution in [1.29, 1.82) is 0 Å². The SMILES string of the molecule is Cc1nc(-c2ccc(-c3c(O)c(=O)oc4ccccc34)cc2)cs1. The normalized spacial score (nSPS) is 11.0. The molecule has 0 radical (unpaired) electrons. The van der Waals surface area contributed by atoms with Crippen molar-refractivity contribution >= 4 is 22.3 Å². The standard InChI is InChI=1S/C19H13NO3S/c1-11-20-15(10-24-11)12-6-8-13(9-7-12)17-14-4-2-3-5-16(14)23-19(22)18(17)21/h2-10,21H,1H3. The van der Waals surface area contributed by atoms with Crippen LogP contribution in [-0.2, 0) is 0 Å². The van der Waals surface area contributed by atoms with E-state index >= 15 is 0 Å². The Morgan fingerprint density at radius 3 is 2.46 bits per heavy atom. The highest BCUT2D eigenvalue weighted by Gasteiger charge is 2.15. The van der Waals surface area contributed by atoms with Crippen molar-refractivity contribution in [3.63, 3.8) is 0 Å². The molecular formula is C19H13NO3S. The highest BCUT2D eigenvalue weighted by molar-refractivity contribution is 7.09. The Balaban J connectivity index is 1.89. The lowest BCUT2D eigenvalue weighted by atomic mass is 9.99. The van der Waals surface area contributed by atoms with Gasteiger partial charge in [0.2, 0.25) is 5.75 Å². The minimum Gasteiger partial charge on any atom is -0.501 e. The molecule has 4 nitrogen and oxygen atoms in total. The lowest BCUT2D eigenvalue weighted by Gasteiger charge is -2.08. The number of aromatic hydroxyl groups is 1. The summed E-state index contributed by atoms with van der Waals surface area (Å²) < 4.78 is 5.14. The van der Waals surface area contributed by atoms with Gasteiger partial charge < -0.3 is 9.52 Å². The summed E-state index contributed by atoms with van der Waals surface area (Å²) in [5.74, 6) is -0.369. The van der Waals surface area contributed by atoms with E-state index in [1.165, 1.54) is 0 Å². The van der Waals surface area contributed by atoms with Crippen LogP contribution in [-0.4, -0.2) is 10.1 Å². The van der Waals surface area contributed by atoms with Gasteiger partial charge in [-0.3, -0.25) is 0 Å².